The van der Waals surface area contributed by atoms with Gasteiger partial charge in [-0.2, -0.15) is 0 Å². The van der Waals surface area contributed by atoms with Crippen LogP contribution in [0.4, 0.5) is 5.69 Å². The molecule has 33 heavy (non-hydrogen) atoms. The number of hydrogen-bond donors (Lipinski definition) is 1. The van der Waals surface area contributed by atoms with Gasteiger partial charge in [-0.25, -0.2) is 8.42 Å². The Labute approximate surface area is 205 Å². The first-order valence-electron chi connectivity index (χ1n) is 10.4. The van der Waals surface area contributed by atoms with Crippen molar-refractivity contribution in [2.75, 3.05) is 23.7 Å². The lowest BCUT2D eigenvalue weighted by Crippen LogP contribution is -2.51. The molecule has 1 atom stereocenters. The lowest BCUT2D eigenvalue weighted by molar-refractivity contribution is -0.139. The Morgan fingerprint density at radius 1 is 1.00 bits per heavy atom. The van der Waals surface area contributed by atoms with E-state index in [1.165, 1.54) is 17.0 Å². The highest BCUT2D eigenvalue weighted by Crippen LogP contribution is 2.22. The zero-order chi connectivity index (χ0) is 24.8. The fraction of sp³-hybridized carbons (Fsp3) is 0.391. The summed E-state index contributed by atoms with van der Waals surface area (Å²) >= 11 is 12.0. The highest BCUT2D eigenvalue weighted by molar-refractivity contribution is 7.92. The summed E-state index contributed by atoms with van der Waals surface area (Å²) in [5.41, 5.74) is 1.02. The molecule has 1 N–H and O–H groups in total. The summed E-state index contributed by atoms with van der Waals surface area (Å²) in [7, 11) is -3.79. The van der Waals surface area contributed by atoms with Crippen LogP contribution >= 0.6 is 23.2 Å². The van der Waals surface area contributed by atoms with Gasteiger partial charge in [0.1, 0.15) is 12.6 Å². The largest absolute Gasteiger partial charge is 0.354 e. The van der Waals surface area contributed by atoms with E-state index in [4.69, 9.17) is 23.2 Å². The number of anilines is 1. The first kappa shape index (κ1) is 27.0. The lowest BCUT2D eigenvalue weighted by atomic mass is 10.1. The van der Waals surface area contributed by atoms with Crippen LogP contribution in [0.5, 0.6) is 0 Å². The maximum atomic E-state index is 13.4. The average molecular weight is 514 g/mol. The fourth-order valence-electron chi connectivity index (χ4n) is 3.09. The minimum atomic E-state index is -3.79. The second-order valence-electron chi connectivity index (χ2n) is 8.21. The molecule has 0 spiro atoms. The second-order valence-corrected chi connectivity index (χ2v) is 11.0. The third-order valence-corrected chi connectivity index (χ3v) is 6.52. The SMILES string of the molecule is CC(C)CNC(=O)[C@@H](C)N(Cc1cccc(Cl)c1)C(=O)CN(c1ccc(Cl)cc1)S(C)(=O)=O. The van der Waals surface area contributed by atoms with Gasteiger partial charge >= 0.3 is 0 Å². The Bertz CT molecular complexity index is 1080. The van der Waals surface area contributed by atoms with Crippen molar-refractivity contribution in [2.45, 2.75) is 33.4 Å². The van der Waals surface area contributed by atoms with Crippen LogP contribution in [0, 0.1) is 5.92 Å². The van der Waals surface area contributed by atoms with Gasteiger partial charge in [-0.1, -0.05) is 49.2 Å². The van der Waals surface area contributed by atoms with Crippen LogP contribution < -0.4 is 9.62 Å². The van der Waals surface area contributed by atoms with Crippen LogP contribution in [-0.4, -0.2) is 50.5 Å². The monoisotopic (exact) mass is 513 g/mol. The Balaban J connectivity index is 2.35. The third-order valence-electron chi connectivity index (χ3n) is 4.89. The molecular weight excluding hydrogens is 485 g/mol. The van der Waals surface area contributed by atoms with Crippen molar-refractivity contribution in [3.05, 3.63) is 64.1 Å². The number of nitrogens with zero attached hydrogens (tertiary/aromatic N) is 2. The number of carbonyl (C=O) groups excluding carboxylic acids is 2. The molecule has 2 aromatic carbocycles. The molecule has 0 saturated heterocycles. The van der Waals surface area contributed by atoms with Gasteiger partial charge in [0.25, 0.3) is 0 Å². The second kappa shape index (κ2) is 11.7. The van der Waals surface area contributed by atoms with E-state index in [1.807, 2.05) is 13.8 Å². The van der Waals surface area contributed by atoms with Gasteiger partial charge in [-0.05, 0) is 54.8 Å². The van der Waals surface area contributed by atoms with E-state index in [9.17, 15) is 18.0 Å². The first-order valence-corrected chi connectivity index (χ1v) is 13.0. The lowest BCUT2D eigenvalue weighted by Gasteiger charge is -2.31. The molecule has 7 nitrogen and oxygen atoms in total. The molecule has 10 heteroatoms. The van der Waals surface area contributed by atoms with E-state index in [0.717, 1.165) is 16.1 Å². The zero-order valence-electron chi connectivity index (χ0n) is 19.1. The standard InChI is InChI=1S/C23H29Cl2N3O4S/c1-16(2)13-26-23(30)17(3)27(14-18-6-5-7-20(25)12-18)22(29)15-28(33(4,31)32)21-10-8-19(24)9-11-21/h5-12,16-17H,13-15H2,1-4H3,(H,26,30)/t17-/m1/s1. The molecule has 0 aliphatic heterocycles. The van der Waals surface area contributed by atoms with Crippen molar-refractivity contribution < 1.29 is 18.0 Å². The van der Waals surface area contributed by atoms with Gasteiger partial charge in [0.05, 0.1) is 11.9 Å². The number of rotatable bonds is 10. The van der Waals surface area contributed by atoms with E-state index in [-0.39, 0.29) is 18.4 Å². The van der Waals surface area contributed by atoms with Crippen LogP contribution in [-0.2, 0) is 26.2 Å². The molecule has 0 aliphatic carbocycles. The van der Waals surface area contributed by atoms with E-state index >= 15 is 0 Å². The molecule has 0 fully saturated rings. The Hall–Kier alpha value is -2.29. The van der Waals surface area contributed by atoms with Gasteiger partial charge in [-0.3, -0.25) is 13.9 Å². The quantitative estimate of drug-likeness (QED) is 0.520. The molecule has 0 unspecified atom stereocenters. The maximum absolute atomic E-state index is 13.4. The molecule has 2 aromatic rings. The number of benzene rings is 2. The number of amides is 2. The highest BCUT2D eigenvalue weighted by atomic mass is 35.5. The van der Waals surface area contributed by atoms with E-state index < -0.39 is 28.5 Å². The van der Waals surface area contributed by atoms with Crippen molar-refractivity contribution in [3.8, 4) is 0 Å². The van der Waals surface area contributed by atoms with Crippen LogP contribution in [0.1, 0.15) is 26.3 Å². The minimum absolute atomic E-state index is 0.0911. The summed E-state index contributed by atoms with van der Waals surface area (Å²) in [6.45, 7) is 5.64. The van der Waals surface area contributed by atoms with Crippen LogP contribution in [0.15, 0.2) is 48.5 Å². The van der Waals surface area contributed by atoms with Gasteiger partial charge in [0, 0.05) is 23.1 Å². The molecule has 0 radical (unpaired) electrons. The van der Waals surface area contributed by atoms with E-state index in [0.29, 0.717) is 22.3 Å². The Morgan fingerprint density at radius 2 is 1.64 bits per heavy atom. The Morgan fingerprint density at radius 3 is 2.18 bits per heavy atom. The zero-order valence-corrected chi connectivity index (χ0v) is 21.4. The van der Waals surface area contributed by atoms with Crippen molar-refractivity contribution >= 4 is 50.7 Å². The molecule has 180 valence electrons. The van der Waals surface area contributed by atoms with Gasteiger partial charge in [0.15, 0.2) is 0 Å². The molecule has 0 saturated carbocycles. The molecular formula is C23H29Cl2N3O4S. The summed E-state index contributed by atoms with van der Waals surface area (Å²) in [6.07, 6.45) is 1.02. The van der Waals surface area contributed by atoms with Crippen molar-refractivity contribution in [2.24, 2.45) is 5.92 Å². The van der Waals surface area contributed by atoms with Crippen LogP contribution in [0.2, 0.25) is 10.0 Å². The number of carbonyl (C=O) groups is 2. The summed E-state index contributed by atoms with van der Waals surface area (Å²) in [4.78, 5) is 27.5. The molecule has 2 amide bonds. The summed E-state index contributed by atoms with van der Waals surface area (Å²) in [6, 6.07) is 12.3. The molecule has 0 aromatic heterocycles. The van der Waals surface area contributed by atoms with Gasteiger partial charge < -0.3 is 10.2 Å². The normalized spacial score (nSPS) is 12.3. The smallest absolute Gasteiger partial charge is 0.244 e. The first-order chi connectivity index (χ1) is 15.4. The van der Waals surface area contributed by atoms with Crippen molar-refractivity contribution in [1.29, 1.82) is 0 Å². The molecule has 0 aliphatic rings. The van der Waals surface area contributed by atoms with Crippen LogP contribution in [0.3, 0.4) is 0 Å². The average Bonchev–Trinajstić information content (AvgIpc) is 2.73. The topological polar surface area (TPSA) is 86.8 Å². The van der Waals surface area contributed by atoms with E-state index in [1.54, 1.807) is 43.3 Å². The van der Waals surface area contributed by atoms with Gasteiger partial charge in [-0.15, -0.1) is 0 Å². The van der Waals surface area contributed by atoms with Crippen LogP contribution in [0.25, 0.3) is 0 Å². The van der Waals surface area contributed by atoms with E-state index in [2.05, 4.69) is 5.32 Å². The predicted octanol–water partition coefficient (Wildman–Crippen LogP) is 3.95. The van der Waals surface area contributed by atoms with Crippen molar-refractivity contribution in [1.82, 2.24) is 10.2 Å². The number of sulfonamides is 1. The summed E-state index contributed by atoms with van der Waals surface area (Å²) in [5.74, 6) is -0.608. The Kier molecular flexibility index (Phi) is 9.57. The minimum Gasteiger partial charge on any atom is -0.354 e. The summed E-state index contributed by atoms with van der Waals surface area (Å²) in [5, 5.41) is 3.77. The summed E-state index contributed by atoms with van der Waals surface area (Å²) < 4.78 is 26.0. The predicted molar refractivity (Wildman–Crippen MR) is 133 cm³/mol. The highest BCUT2D eigenvalue weighted by Gasteiger charge is 2.30. The molecule has 2 rings (SSSR count). The fourth-order valence-corrected chi connectivity index (χ4v) is 4.28. The number of hydrogen-bond acceptors (Lipinski definition) is 4. The third kappa shape index (κ3) is 8.21. The maximum Gasteiger partial charge on any atom is 0.244 e. The molecule has 0 bridgehead atoms. The number of halogens is 2. The van der Waals surface area contributed by atoms with Crippen molar-refractivity contribution in [3.63, 3.8) is 0 Å². The van der Waals surface area contributed by atoms with Gasteiger partial charge in [0.2, 0.25) is 21.8 Å². The number of nitrogens with one attached hydrogen (secondary N) is 1. The molecule has 0 heterocycles.